The van der Waals surface area contributed by atoms with E-state index in [-0.39, 0.29) is 17.6 Å². The Labute approximate surface area is 135 Å². The number of rotatable bonds is 8. The van der Waals surface area contributed by atoms with Gasteiger partial charge in [-0.2, -0.15) is 0 Å². The third-order valence-corrected chi connectivity index (χ3v) is 3.30. The normalized spacial score (nSPS) is 11.7. The quantitative estimate of drug-likeness (QED) is 0.734. The molecule has 23 heavy (non-hydrogen) atoms. The fourth-order valence-electron chi connectivity index (χ4n) is 2.29. The Balaban J connectivity index is 1.64. The number of carbonyl (C=O) groups excluding carboxylic acids is 1. The number of hydrogen-bond acceptors (Lipinski definition) is 4. The van der Waals surface area contributed by atoms with E-state index in [9.17, 15) is 9.18 Å². The number of benzene rings is 1. The minimum Gasteiger partial charge on any atom is -0.354 e. The summed E-state index contributed by atoms with van der Waals surface area (Å²) >= 11 is 0. The fraction of sp³-hybridized carbons (Fsp3) is 0.353. The summed E-state index contributed by atoms with van der Waals surface area (Å²) in [5.41, 5.74) is 0.910. The van der Waals surface area contributed by atoms with Gasteiger partial charge in [0.2, 0.25) is 11.9 Å². The number of hydrogen-bond donors (Lipinski definition) is 2. The average Bonchev–Trinajstić information content (AvgIpc) is 2.52. The maximum atomic E-state index is 13.1. The summed E-state index contributed by atoms with van der Waals surface area (Å²) in [6.45, 7) is 3.05. The summed E-state index contributed by atoms with van der Waals surface area (Å²) < 4.78 is 13.1. The molecule has 0 aliphatic rings. The van der Waals surface area contributed by atoms with Crippen molar-refractivity contribution in [1.82, 2.24) is 15.3 Å². The first-order chi connectivity index (χ1) is 11.1. The van der Waals surface area contributed by atoms with Gasteiger partial charge >= 0.3 is 0 Å². The zero-order chi connectivity index (χ0) is 16.5. The average molecular weight is 316 g/mol. The largest absolute Gasteiger partial charge is 0.354 e. The van der Waals surface area contributed by atoms with E-state index in [0.717, 1.165) is 5.56 Å². The van der Waals surface area contributed by atoms with E-state index in [0.29, 0.717) is 31.9 Å². The van der Waals surface area contributed by atoms with Gasteiger partial charge < -0.3 is 10.6 Å². The summed E-state index contributed by atoms with van der Waals surface area (Å²) in [6, 6.07) is 8.24. The molecule has 2 aromatic rings. The van der Waals surface area contributed by atoms with Gasteiger partial charge in [-0.25, -0.2) is 14.4 Å². The molecule has 1 atom stereocenters. The molecule has 0 bridgehead atoms. The van der Waals surface area contributed by atoms with Gasteiger partial charge in [-0.1, -0.05) is 19.1 Å². The first-order valence-corrected chi connectivity index (χ1v) is 7.65. The Kier molecular flexibility index (Phi) is 6.47. The van der Waals surface area contributed by atoms with Gasteiger partial charge in [0.15, 0.2) is 0 Å². The summed E-state index contributed by atoms with van der Waals surface area (Å²) in [4.78, 5) is 19.9. The lowest BCUT2D eigenvalue weighted by atomic mass is 9.98. The Morgan fingerprint density at radius 2 is 2.00 bits per heavy atom. The molecule has 122 valence electrons. The number of nitrogens with zero attached hydrogens (tertiary/aromatic N) is 2. The van der Waals surface area contributed by atoms with Gasteiger partial charge in [-0.3, -0.25) is 4.79 Å². The van der Waals surface area contributed by atoms with Crippen molar-refractivity contribution in [3.8, 4) is 0 Å². The molecule has 0 saturated carbocycles. The van der Waals surface area contributed by atoms with Crippen LogP contribution in [0.25, 0.3) is 0 Å². The van der Waals surface area contributed by atoms with E-state index in [2.05, 4.69) is 20.6 Å². The van der Waals surface area contributed by atoms with Gasteiger partial charge in [0, 0.05) is 31.9 Å². The van der Waals surface area contributed by atoms with Crippen molar-refractivity contribution in [2.24, 2.45) is 5.92 Å². The number of halogens is 1. The van der Waals surface area contributed by atoms with Gasteiger partial charge in [0.1, 0.15) is 5.82 Å². The molecule has 1 amide bonds. The first-order valence-electron chi connectivity index (χ1n) is 7.65. The molecule has 1 aromatic heterocycles. The molecule has 5 nitrogen and oxygen atoms in total. The number of carbonyl (C=O) groups is 1. The standard InChI is InChI=1S/C17H21FN4O/c1-13(10-14-4-2-5-15(18)12-14)11-16(23)19-8-9-22-17-20-6-3-7-21-17/h2-7,12-13H,8-11H2,1H3,(H,19,23)(H,20,21,22). The van der Waals surface area contributed by atoms with Crippen molar-refractivity contribution in [2.75, 3.05) is 18.4 Å². The van der Waals surface area contributed by atoms with Crippen molar-refractivity contribution >= 4 is 11.9 Å². The van der Waals surface area contributed by atoms with Crippen LogP contribution in [-0.2, 0) is 11.2 Å². The monoisotopic (exact) mass is 316 g/mol. The molecule has 0 aliphatic heterocycles. The summed E-state index contributed by atoms with van der Waals surface area (Å²) in [5, 5.41) is 5.87. The lowest BCUT2D eigenvalue weighted by Crippen LogP contribution is -2.30. The highest BCUT2D eigenvalue weighted by Gasteiger charge is 2.10. The zero-order valence-electron chi connectivity index (χ0n) is 13.1. The van der Waals surface area contributed by atoms with E-state index in [1.165, 1.54) is 12.1 Å². The second-order valence-corrected chi connectivity index (χ2v) is 5.49. The molecule has 6 heteroatoms. The summed E-state index contributed by atoms with van der Waals surface area (Å²) in [5.74, 6) is 0.446. The summed E-state index contributed by atoms with van der Waals surface area (Å²) in [7, 11) is 0. The highest BCUT2D eigenvalue weighted by molar-refractivity contribution is 5.76. The fourth-order valence-corrected chi connectivity index (χ4v) is 2.29. The van der Waals surface area contributed by atoms with Crippen LogP contribution < -0.4 is 10.6 Å². The number of aromatic nitrogens is 2. The molecule has 0 saturated heterocycles. The second-order valence-electron chi connectivity index (χ2n) is 5.49. The molecule has 2 N–H and O–H groups in total. The van der Waals surface area contributed by atoms with Crippen LogP contribution in [0.2, 0.25) is 0 Å². The maximum Gasteiger partial charge on any atom is 0.222 e. The molecular formula is C17H21FN4O. The van der Waals surface area contributed by atoms with Crippen molar-refractivity contribution in [1.29, 1.82) is 0 Å². The molecule has 0 spiro atoms. The van der Waals surface area contributed by atoms with Gasteiger partial charge in [0.25, 0.3) is 0 Å². The van der Waals surface area contributed by atoms with Crippen LogP contribution >= 0.6 is 0 Å². The van der Waals surface area contributed by atoms with E-state index < -0.39 is 0 Å². The minimum absolute atomic E-state index is 0.00955. The lowest BCUT2D eigenvalue weighted by molar-refractivity contribution is -0.121. The van der Waals surface area contributed by atoms with E-state index in [4.69, 9.17) is 0 Å². The third kappa shape index (κ3) is 6.42. The van der Waals surface area contributed by atoms with Crippen LogP contribution in [0, 0.1) is 11.7 Å². The van der Waals surface area contributed by atoms with Gasteiger partial charge in [-0.15, -0.1) is 0 Å². The number of amides is 1. The van der Waals surface area contributed by atoms with Crippen LogP contribution in [0.4, 0.5) is 10.3 Å². The molecule has 0 aliphatic carbocycles. The minimum atomic E-state index is -0.242. The lowest BCUT2D eigenvalue weighted by Gasteiger charge is -2.12. The highest BCUT2D eigenvalue weighted by Crippen LogP contribution is 2.12. The highest BCUT2D eigenvalue weighted by atomic mass is 19.1. The van der Waals surface area contributed by atoms with Gasteiger partial charge in [-0.05, 0) is 36.1 Å². The van der Waals surface area contributed by atoms with Crippen molar-refractivity contribution in [3.63, 3.8) is 0 Å². The molecule has 0 radical (unpaired) electrons. The Morgan fingerprint density at radius 1 is 1.22 bits per heavy atom. The maximum absolute atomic E-state index is 13.1. The van der Waals surface area contributed by atoms with E-state index in [1.54, 1.807) is 24.5 Å². The zero-order valence-corrected chi connectivity index (χ0v) is 13.1. The van der Waals surface area contributed by atoms with Crippen LogP contribution in [0.1, 0.15) is 18.9 Å². The number of nitrogens with one attached hydrogen (secondary N) is 2. The van der Waals surface area contributed by atoms with E-state index >= 15 is 0 Å². The Hall–Kier alpha value is -2.50. The first kappa shape index (κ1) is 16.9. The number of anilines is 1. The Bertz CT molecular complexity index is 621. The topological polar surface area (TPSA) is 66.9 Å². The second kappa shape index (κ2) is 8.82. The molecule has 0 fully saturated rings. The van der Waals surface area contributed by atoms with Crippen molar-refractivity contribution in [2.45, 2.75) is 19.8 Å². The SMILES string of the molecule is CC(CC(=O)NCCNc1ncccn1)Cc1cccc(F)c1. The van der Waals surface area contributed by atoms with Crippen molar-refractivity contribution in [3.05, 3.63) is 54.1 Å². The smallest absolute Gasteiger partial charge is 0.222 e. The van der Waals surface area contributed by atoms with Crippen LogP contribution in [0.15, 0.2) is 42.7 Å². The molecule has 1 aromatic carbocycles. The summed E-state index contributed by atoms with van der Waals surface area (Å²) in [6.07, 6.45) is 4.41. The molecule has 1 heterocycles. The predicted molar refractivity (Wildman–Crippen MR) is 87.4 cm³/mol. The molecule has 2 rings (SSSR count). The van der Waals surface area contributed by atoms with Gasteiger partial charge in [0.05, 0.1) is 0 Å². The molecule has 1 unspecified atom stereocenters. The predicted octanol–water partition coefficient (Wildman–Crippen LogP) is 2.41. The van der Waals surface area contributed by atoms with Crippen molar-refractivity contribution < 1.29 is 9.18 Å². The van der Waals surface area contributed by atoms with Crippen LogP contribution in [0.3, 0.4) is 0 Å². The van der Waals surface area contributed by atoms with Crippen LogP contribution in [0.5, 0.6) is 0 Å². The van der Waals surface area contributed by atoms with Crippen LogP contribution in [-0.4, -0.2) is 29.0 Å². The third-order valence-electron chi connectivity index (χ3n) is 3.30. The Morgan fingerprint density at radius 3 is 2.74 bits per heavy atom. The molecular weight excluding hydrogens is 295 g/mol. The van der Waals surface area contributed by atoms with E-state index in [1.807, 2.05) is 13.0 Å².